The van der Waals surface area contributed by atoms with Gasteiger partial charge in [0, 0.05) is 0 Å². The molecule has 0 aromatic heterocycles. The molecule has 200 valence electrons. The molecule has 0 atom stereocenters. The van der Waals surface area contributed by atoms with Crippen LogP contribution in [0.3, 0.4) is 0 Å². The van der Waals surface area contributed by atoms with E-state index in [2.05, 4.69) is 0 Å². The predicted molar refractivity (Wildman–Crippen MR) is 68.8 cm³/mol. The summed E-state index contributed by atoms with van der Waals surface area (Å²) in [5.74, 6) is 0. The van der Waals surface area contributed by atoms with Gasteiger partial charge >= 0.3 is 33.0 Å². The molecule has 0 rings (SSSR count). The summed E-state index contributed by atoms with van der Waals surface area (Å²) in [6.07, 6.45) is 0. The van der Waals surface area contributed by atoms with Crippen LogP contribution in [0.1, 0.15) is 0 Å². The van der Waals surface area contributed by atoms with Crippen molar-refractivity contribution in [3.8, 4) is 0 Å². The van der Waals surface area contributed by atoms with Gasteiger partial charge in [-0.2, -0.15) is 52.7 Å². The van der Waals surface area contributed by atoms with Crippen LogP contribution in [0.25, 0.3) is 0 Å². The fourth-order valence-corrected chi connectivity index (χ4v) is 0. The molecule has 0 fully saturated rings. The number of hydrogen-bond donors (Lipinski definition) is 0. The minimum absolute atomic E-state index is 0. The molecule has 33 heavy (non-hydrogen) atoms. The third-order valence-electron chi connectivity index (χ3n) is 1.13. The number of hydrogen-bond acceptors (Lipinski definition) is 12. The van der Waals surface area contributed by atoms with Crippen LogP contribution < -0.4 is 0 Å². The van der Waals surface area contributed by atoms with Crippen molar-refractivity contribution in [1.82, 2.24) is 0 Å². The molecule has 0 spiro atoms. The summed E-state index contributed by atoms with van der Waals surface area (Å²) >= 11 is 0. The van der Waals surface area contributed by atoms with Crippen LogP contribution in [0.4, 0.5) is 52.7 Å². The predicted octanol–water partition coefficient (Wildman–Crippen LogP) is -0.175. The fourth-order valence-electron chi connectivity index (χ4n) is 0. The summed E-state index contributed by atoms with van der Waals surface area (Å²) in [4.78, 5) is 0. The topological polar surface area (TPSA) is 229 Å². The Balaban J connectivity index is -0.000000105. The summed E-state index contributed by atoms with van der Waals surface area (Å²) in [5.41, 5.74) is -22.6. The maximum Gasteiger partial charge on any atom is 4.00 e. The van der Waals surface area contributed by atoms with E-state index in [1.165, 1.54) is 0 Å². The summed E-state index contributed by atoms with van der Waals surface area (Å²) in [6.45, 7) is 0. The number of rotatable bonds is 0. The van der Waals surface area contributed by atoms with Gasteiger partial charge in [0.1, 0.15) is 0 Å². The van der Waals surface area contributed by atoms with Crippen LogP contribution >= 0.6 is 0 Å². The largest absolute Gasteiger partial charge is 4.00 e. The van der Waals surface area contributed by atoms with Crippen LogP contribution in [0.2, 0.25) is 0 Å². The normalized spacial score (nSPS) is 13.6. The van der Waals surface area contributed by atoms with Crippen molar-refractivity contribution in [3.05, 3.63) is 0 Å². The molecule has 0 heterocycles. The van der Waals surface area contributed by atoms with Gasteiger partial charge in [0.2, 0.25) is 0 Å². The minimum Gasteiger partial charge on any atom is -0.741 e. The second-order valence-electron chi connectivity index (χ2n) is 3.60. The van der Waals surface area contributed by atoms with Crippen LogP contribution in [-0.2, 0) is 40.5 Å². The molecular weight excluding hydrogens is 624 g/mol. The Kier molecular flexibility index (Phi) is 16.2. The summed E-state index contributed by atoms with van der Waals surface area (Å²) in [5, 5.41) is 0. The Labute approximate surface area is 178 Å². The molecule has 12 nitrogen and oxygen atoms in total. The Morgan fingerprint density at radius 1 is 0.333 bits per heavy atom. The van der Waals surface area contributed by atoms with Gasteiger partial charge in [0.05, 0.1) is 0 Å². The van der Waals surface area contributed by atoms with Crippen molar-refractivity contribution in [3.63, 3.8) is 0 Å². The molecule has 0 aromatic carbocycles. The molecule has 0 aliphatic heterocycles. The Morgan fingerprint density at radius 2 is 0.364 bits per heavy atom. The van der Waals surface area contributed by atoms with E-state index in [0.29, 0.717) is 0 Å². The zero-order chi connectivity index (χ0) is 28.0. The zero-order valence-corrected chi connectivity index (χ0v) is 17.8. The average Bonchev–Trinajstić information content (AvgIpc) is 2.30. The SMILES string of the molecule is O=S(=O)([O-])C(F)(F)F.O=S(=O)([O-])C(F)(F)F.O=S(=O)([O-])C(F)(F)F.O=S(=O)([O-])C(F)(F)F.[Si+4]. The van der Waals surface area contributed by atoms with Crippen LogP contribution in [0.5, 0.6) is 0 Å². The van der Waals surface area contributed by atoms with Crippen molar-refractivity contribution < 1.29 is 105 Å². The summed E-state index contributed by atoms with van der Waals surface area (Å²) < 4.78 is 236. The van der Waals surface area contributed by atoms with Crippen molar-refractivity contribution in [1.29, 1.82) is 0 Å². The van der Waals surface area contributed by atoms with Gasteiger partial charge in [-0.15, -0.1) is 0 Å². The molecule has 0 saturated heterocycles. The third kappa shape index (κ3) is 21.3. The summed E-state index contributed by atoms with van der Waals surface area (Å²) in [7, 11) is -24.4. The first-order valence-electron chi connectivity index (χ1n) is 5.08. The molecule has 0 amide bonds. The number of alkyl halides is 12. The molecule has 0 N–H and O–H groups in total. The van der Waals surface area contributed by atoms with Crippen molar-refractivity contribution >= 4 is 51.4 Å². The quantitative estimate of drug-likeness (QED) is 0.148. The van der Waals surface area contributed by atoms with E-state index in [1.807, 2.05) is 0 Å². The van der Waals surface area contributed by atoms with E-state index in [0.717, 1.165) is 0 Å². The molecule has 0 aliphatic carbocycles. The number of halogens is 12. The van der Waals surface area contributed by atoms with E-state index in [4.69, 9.17) is 51.9 Å². The molecule has 0 aliphatic rings. The first-order valence-corrected chi connectivity index (χ1v) is 10.7. The van der Waals surface area contributed by atoms with Gasteiger partial charge in [-0.05, 0) is 0 Å². The fraction of sp³-hybridized carbons (Fsp3) is 1.00. The Bertz CT molecular complexity index is 828. The van der Waals surface area contributed by atoms with E-state index < -0.39 is 62.5 Å². The van der Waals surface area contributed by atoms with Crippen LogP contribution in [-0.4, -0.2) is 84.9 Å². The zero-order valence-electron chi connectivity index (χ0n) is 13.6. The van der Waals surface area contributed by atoms with Crippen molar-refractivity contribution in [2.24, 2.45) is 0 Å². The second kappa shape index (κ2) is 12.6. The van der Waals surface area contributed by atoms with Crippen LogP contribution in [0, 0.1) is 0 Å². The summed E-state index contributed by atoms with van der Waals surface area (Å²) in [6, 6.07) is 0. The maximum absolute atomic E-state index is 10.7. The van der Waals surface area contributed by atoms with E-state index in [1.54, 1.807) is 0 Å². The molecule has 0 unspecified atom stereocenters. The standard InChI is InChI=1S/4CHF3O3S.Si/c4*2-1(3,4)8(5,6)7;/h4*(H,5,6,7);/q;;;;+4/p-4. The molecule has 0 radical (unpaired) electrons. The molecular formula is C4F12O12S4Si. The monoisotopic (exact) mass is 624 g/mol. The van der Waals surface area contributed by atoms with Crippen LogP contribution in [0.15, 0.2) is 0 Å². The third-order valence-corrected chi connectivity index (χ3v) is 3.40. The Hall–Kier alpha value is -0.983. The van der Waals surface area contributed by atoms with Crippen molar-refractivity contribution in [2.45, 2.75) is 22.0 Å². The smallest absolute Gasteiger partial charge is 0.741 e. The minimum atomic E-state index is -6.09. The average molecular weight is 624 g/mol. The van der Waals surface area contributed by atoms with Gasteiger partial charge in [-0.1, -0.05) is 0 Å². The first kappa shape index (κ1) is 42.2. The first-order chi connectivity index (χ1) is 13.0. The second-order valence-corrected chi connectivity index (χ2v) is 9.08. The van der Waals surface area contributed by atoms with Crippen molar-refractivity contribution in [2.75, 3.05) is 0 Å². The van der Waals surface area contributed by atoms with E-state index in [9.17, 15) is 52.7 Å². The molecule has 0 aromatic rings. The van der Waals surface area contributed by atoms with E-state index >= 15 is 0 Å². The molecule has 0 bridgehead atoms. The van der Waals surface area contributed by atoms with Gasteiger partial charge in [0.25, 0.3) is 0 Å². The van der Waals surface area contributed by atoms with Gasteiger partial charge < -0.3 is 18.2 Å². The Morgan fingerprint density at radius 3 is 0.364 bits per heavy atom. The van der Waals surface area contributed by atoms with Gasteiger partial charge in [-0.3, -0.25) is 0 Å². The van der Waals surface area contributed by atoms with E-state index in [-0.39, 0.29) is 11.0 Å². The maximum atomic E-state index is 10.7. The molecule has 29 heteroatoms. The van der Waals surface area contributed by atoms with Gasteiger partial charge in [0.15, 0.2) is 40.5 Å². The van der Waals surface area contributed by atoms with Gasteiger partial charge in [-0.25, -0.2) is 33.7 Å². The molecule has 0 saturated carbocycles.